The number of fused-ring (bicyclic) bond motifs is 3. The predicted molar refractivity (Wildman–Crippen MR) is 145 cm³/mol. The van der Waals surface area contributed by atoms with Crippen molar-refractivity contribution in [3.8, 4) is 11.6 Å². The van der Waals surface area contributed by atoms with Gasteiger partial charge in [-0.15, -0.1) is 0 Å². The summed E-state index contributed by atoms with van der Waals surface area (Å²) < 4.78 is 6.56. The second-order valence-electron chi connectivity index (χ2n) is 7.88. The number of benzene rings is 4. The van der Waals surface area contributed by atoms with Crippen LogP contribution in [0.15, 0.2) is 141 Å². The number of para-hydroxylation sites is 1. The van der Waals surface area contributed by atoms with Crippen molar-refractivity contribution >= 4 is 45.3 Å². The summed E-state index contributed by atoms with van der Waals surface area (Å²) >= 11 is 3.37. The molecule has 168 valence electrons. The SMILES string of the molecule is c1ccc(Sc2cccc(Sc3ccccc3)c2Oc2ccc3ccc4cccnc4c3n2)cc1. The molecule has 0 aliphatic carbocycles. The van der Waals surface area contributed by atoms with Gasteiger partial charge in [0.25, 0.3) is 0 Å². The highest BCUT2D eigenvalue weighted by Crippen LogP contribution is 2.45. The molecule has 0 radical (unpaired) electrons. The molecule has 0 spiro atoms. The minimum absolute atomic E-state index is 0.548. The Morgan fingerprint density at radius 1 is 0.514 bits per heavy atom. The number of hydrogen-bond donors (Lipinski definition) is 0. The van der Waals surface area contributed by atoms with Gasteiger partial charge in [0.15, 0.2) is 5.75 Å². The molecule has 6 rings (SSSR count). The van der Waals surface area contributed by atoms with Gasteiger partial charge in [0.05, 0.1) is 15.3 Å². The zero-order chi connectivity index (χ0) is 23.5. The van der Waals surface area contributed by atoms with Crippen molar-refractivity contribution < 1.29 is 4.74 Å². The van der Waals surface area contributed by atoms with Gasteiger partial charge in [-0.2, -0.15) is 0 Å². The van der Waals surface area contributed by atoms with E-state index in [0.717, 1.165) is 47.1 Å². The van der Waals surface area contributed by atoms with Gasteiger partial charge in [-0.1, -0.05) is 84.2 Å². The van der Waals surface area contributed by atoms with Gasteiger partial charge >= 0.3 is 0 Å². The molecule has 2 aromatic heterocycles. The quantitative estimate of drug-likeness (QED) is 0.219. The molecule has 0 amide bonds. The number of pyridine rings is 2. The maximum Gasteiger partial charge on any atom is 0.219 e. The maximum absolute atomic E-state index is 6.56. The third-order valence-electron chi connectivity index (χ3n) is 5.50. The standard InChI is InChI=1S/C30H20N2OS2/c1-3-10-23(11-4-1)34-25-14-7-15-26(35-24-12-5-2-6-13-24)30(25)33-27-19-18-22-17-16-21-9-8-20-31-28(21)29(22)32-27/h1-20H. The summed E-state index contributed by atoms with van der Waals surface area (Å²) in [6.07, 6.45) is 1.80. The Hall–Kier alpha value is -3.80. The molecule has 35 heavy (non-hydrogen) atoms. The average Bonchev–Trinajstić information content (AvgIpc) is 2.91. The van der Waals surface area contributed by atoms with Gasteiger partial charge in [0.1, 0.15) is 5.52 Å². The van der Waals surface area contributed by atoms with Gasteiger partial charge in [-0.05, 0) is 48.5 Å². The monoisotopic (exact) mass is 488 g/mol. The largest absolute Gasteiger partial charge is 0.437 e. The molecular formula is C30H20N2OS2. The number of aromatic nitrogens is 2. The molecule has 6 aromatic rings. The lowest BCUT2D eigenvalue weighted by Crippen LogP contribution is -1.94. The predicted octanol–water partition coefficient (Wildman–Crippen LogP) is 8.88. The van der Waals surface area contributed by atoms with Crippen molar-refractivity contribution in [1.82, 2.24) is 9.97 Å². The summed E-state index contributed by atoms with van der Waals surface area (Å²) in [6.45, 7) is 0. The smallest absolute Gasteiger partial charge is 0.219 e. The van der Waals surface area contributed by atoms with E-state index in [1.54, 1.807) is 29.7 Å². The molecule has 0 bridgehead atoms. The van der Waals surface area contributed by atoms with Crippen LogP contribution < -0.4 is 4.74 Å². The van der Waals surface area contributed by atoms with Crippen LogP contribution in [0.2, 0.25) is 0 Å². The molecule has 0 saturated heterocycles. The first-order valence-corrected chi connectivity index (χ1v) is 12.9. The van der Waals surface area contributed by atoms with Crippen LogP contribution in [-0.2, 0) is 0 Å². The molecule has 0 aliphatic heterocycles. The van der Waals surface area contributed by atoms with Crippen molar-refractivity contribution in [3.05, 3.63) is 121 Å². The van der Waals surface area contributed by atoms with Crippen LogP contribution in [0.25, 0.3) is 21.8 Å². The molecule has 0 atom stereocenters. The fraction of sp³-hybridized carbons (Fsp3) is 0. The summed E-state index contributed by atoms with van der Waals surface area (Å²) in [6, 6.07) is 39.1. The lowest BCUT2D eigenvalue weighted by molar-refractivity contribution is 0.443. The van der Waals surface area contributed by atoms with Crippen LogP contribution in [0.5, 0.6) is 11.6 Å². The van der Waals surface area contributed by atoms with Crippen LogP contribution in [-0.4, -0.2) is 9.97 Å². The molecular weight excluding hydrogens is 468 g/mol. The van der Waals surface area contributed by atoms with Crippen LogP contribution in [0.1, 0.15) is 0 Å². The van der Waals surface area contributed by atoms with Crippen molar-refractivity contribution in [3.63, 3.8) is 0 Å². The summed E-state index contributed by atoms with van der Waals surface area (Å²) in [7, 11) is 0. The average molecular weight is 489 g/mol. The normalized spacial score (nSPS) is 11.1. The number of nitrogens with zero attached hydrogens (tertiary/aromatic N) is 2. The zero-order valence-electron chi connectivity index (χ0n) is 18.7. The lowest BCUT2D eigenvalue weighted by atomic mass is 10.1. The summed E-state index contributed by atoms with van der Waals surface area (Å²) in [5, 5.41) is 2.10. The van der Waals surface area contributed by atoms with Crippen LogP contribution in [0.4, 0.5) is 0 Å². The Bertz CT molecular complexity index is 1560. The molecule has 5 heteroatoms. The minimum Gasteiger partial charge on any atom is -0.437 e. The highest BCUT2D eigenvalue weighted by molar-refractivity contribution is 8.00. The van der Waals surface area contributed by atoms with E-state index < -0.39 is 0 Å². The van der Waals surface area contributed by atoms with Gasteiger partial charge in [0.2, 0.25) is 5.88 Å². The summed E-state index contributed by atoms with van der Waals surface area (Å²) in [5.74, 6) is 1.35. The van der Waals surface area contributed by atoms with Gasteiger partial charge in [0, 0.05) is 32.8 Å². The first-order chi connectivity index (χ1) is 17.3. The number of ether oxygens (including phenoxy) is 1. The van der Waals surface area contributed by atoms with E-state index in [-0.39, 0.29) is 0 Å². The Kier molecular flexibility index (Phi) is 6.09. The highest BCUT2D eigenvalue weighted by Gasteiger charge is 2.15. The lowest BCUT2D eigenvalue weighted by Gasteiger charge is -2.15. The molecule has 0 unspecified atom stereocenters. The van der Waals surface area contributed by atoms with E-state index in [1.165, 1.54) is 0 Å². The fourth-order valence-corrected chi connectivity index (χ4v) is 5.80. The fourth-order valence-electron chi connectivity index (χ4n) is 3.86. The van der Waals surface area contributed by atoms with E-state index in [2.05, 4.69) is 89.9 Å². The van der Waals surface area contributed by atoms with Crippen LogP contribution in [0.3, 0.4) is 0 Å². The van der Waals surface area contributed by atoms with E-state index in [4.69, 9.17) is 9.72 Å². The van der Waals surface area contributed by atoms with Gasteiger partial charge < -0.3 is 4.74 Å². The second kappa shape index (κ2) is 9.82. The number of hydrogen-bond acceptors (Lipinski definition) is 5. The molecule has 0 fully saturated rings. The van der Waals surface area contributed by atoms with Gasteiger partial charge in [-0.3, -0.25) is 4.98 Å². The van der Waals surface area contributed by atoms with E-state index in [0.29, 0.717) is 5.88 Å². The summed E-state index contributed by atoms with van der Waals surface area (Å²) in [4.78, 5) is 13.9. The Balaban J connectivity index is 1.44. The first-order valence-electron chi connectivity index (χ1n) is 11.2. The maximum atomic E-state index is 6.56. The van der Waals surface area contributed by atoms with Crippen LogP contribution >= 0.6 is 23.5 Å². The van der Waals surface area contributed by atoms with Crippen molar-refractivity contribution in [2.75, 3.05) is 0 Å². The molecule has 0 N–H and O–H groups in total. The molecule has 2 heterocycles. The Labute approximate surface area is 212 Å². The Morgan fingerprint density at radius 3 is 1.77 bits per heavy atom. The van der Waals surface area contributed by atoms with Crippen molar-refractivity contribution in [2.24, 2.45) is 0 Å². The van der Waals surface area contributed by atoms with E-state index >= 15 is 0 Å². The molecule has 0 aliphatic rings. The third-order valence-corrected chi connectivity index (χ3v) is 7.60. The van der Waals surface area contributed by atoms with Crippen molar-refractivity contribution in [2.45, 2.75) is 19.6 Å². The zero-order valence-corrected chi connectivity index (χ0v) is 20.3. The Morgan fingerprint density at radius 2 is 1.11 bits per heavy atom. The third kappa shape index (κ3) is 4.74. The molecule has 0 saturated carbocycles. The first kappa shape index (κ1) is 21.7. The van der Waals surface area contributed by atoms with E-state index in [9.17, 15) is 0 Å². The topological polar surface area (TPSA) is 35.0 Å². The van der Waals surface area contributed by atoms with Gasteiger partial charge in [-0.25, -0.2) is 4.98 Å². The molecule has 4 aromatic carbocycles. The van der Waals surface area contributed by atoms with Crippen LogP contribution in [0, 0.1) is 0 Å². The summed E-state index contributed by atoms with van der Waals surface area (Å²) in [5.41, 5.74) is 1.72. The van der Waals surface area contributed by atoms with Crippen molar-refractivity contribution in [1.29, 1.82) is 0 Å². The molecule has 3 nitrogen and oxygen atoms in total. The minimum atomic E-state index is 0.548. The highest BCUT2D eigenvalue weighted by atomic mass is 32.2. The number of rotatable bonds is 6. The van der Waals surface area contributed by atoms with E-state index in [1.807, 2.05) is 30.3 Å². The second-order valence-corrected chi connectivity index (χ2v) is 10.1.